The summed E-state index contributed by atoms with van der Waals surface area (Å²) in [5.74, 6) is 0.587. The number of hydrogen-bond acceptors (Lipinski definition) is 3. The fourth-order valence-corrected chi connectivity index (χ4v) is 2.68. The number of aliphatic hydroxyl groups is 1. The summed E-state index contributed by atoms with van der Waals surface area (Å²) in [5, 5.41) is 12.1. The van der Waals surface area contributed by atoms with Crippen LogP contribution < -0.4 is 5.32 Å². The molecule has 2 unspecified atom stereocenters. The number of nitrogens with zero attached hydrogens (tertiary/aromatic N) is 1. The molecule has 98 valence electrons. The molecule has 0 aromatic carbocycles. The third-order valence-corrected chi connectivity index (χ3v) is 4.00. The Kier molecular flexibility index (Phi) is 4.72. The number of hydrogen-bond donors (Lipinski definition) is 2. The number of halogens is 1. The van der Waals surface area contributed by atoms with E-state index in [0.717, 1.165) is 23.7 Å². The molecule has 0 spiro atoms. The quantitative estimate of drug-likeness (QED) is 0.893. The average molecular weight is 313 g/mol. The van der Waals surface area contributed by atoms with E-state index in [1.807, 2.05) is 0 Å². The van der Waals surface area contributed by atoms with Gasteiger partial charge in [0, 0.05) is 23.8 Å². The minimum Gasteiger partial charge on any atom is -0.396 e. The maximum Gasteiger partial charge on any atom is 0.269 e. The number of nitrogens with one attached hydrogen (secondary N) is 1. The first-order valence-electron chi connectivity index (χ1n) is 6.21. The van der Waals surface area contributed by atoms with Crippen LogP contribution >= 0.6 is 15.9 Å². The van der Waals surface area contributed by atoms with Crippen LogP contribution in [0.5, 0.6) is 0 Å². The molecule has 1 aromatic rings. The monoisotopic (exact) mass is 312 g/mol. The van der Waals surface area contributed by atoms with Crippen molar-refractivity contribution >= 4 is 21.8 Å². The zero-order valence-corrected chi connectivity index (χ0v) is 11.7. The molecule has 1 amide bonds. The van der Waals surface area contributed by atoms with Crippen molar-refractivity contribution in [1.29, 1.82) is 0 Å². The van der Waals surface area contributed by atoms with E-state index in [1.165, 1.54) is 0 Å². The lowest BCUT2D eigenvalue weighted by molar-refractivity contribution is 0.0933. The highest BCUT2D eigenvalue weighted by molar-refractivity contribution is 9.10. The van der Waals surface area contributed by atoms with Crippen LogP contribution in [-0.4, -0.2) is 29.1 Å². The number of aliphatic hydroxyl groups excluding tert-OH is 1. The van der Waals surface area contributed by atoms with Crippen LogP contribution in [0, 0.1) is 11.8 Å². The zero-order valence-electron chi connectivity index (χ0n) is 10.1. The van der Waals surface area contributed by atoms with Gasteiger partial charge >= 0.3 is 0 Å². The SMILES string of the molecule is O=C(NCC1CCCC1CO)c1ccc(Br)cn1. The van der Waals surface area contributed by atoms with Crippen LogP contribution in [-0.2, 0) is 0 Å². The lowest BCUT2D eigenvalue weighted by Gasteiger charge is -2.17. The first-order chi connectivity index (χ1) is 8.70. The van der Waals surface area contributed by atoms with E-state index in [1.54, 1.807) is 18.3 Å². The van der Waals surface area contributed by atoms with Crippen molar-refractivity contribution in [3.05, 3.63) is 28.5 Å². The number of carbonyl (C=O) groups is 1. The first kappa shape index (κ1) is 13.5. The summed E-state index contributed by atoms with van der Waals surface area (Å²) in [6.45, 7) is 0.846. The number of pyridine rings is 1. The molecular formula is C13H17BrN2O2. The molecule has 2 rings (SSSR count). The van der Waals surface area contributed by atoms with Crippen molar-refractivity contribution in [2.45, 2.75) is 19.3 Å². The van der Waals surface area contributed by atoms with Crippen LogP contribution in [0.1, 0.15) is 29.8 Å². The molecule has 2 N–H and O–H groups in total. The molecule has 1 saturated carbocycles. The van der Waals surface area contributed by atoms with Crippen LogP contribution in [0.3, 0.4) is 0 Å². The normalized spacial score (nSPS) is 23.0. The van der Waals surface area contributed by atoms with E-state index in [4.69, 9.17) is 0 Å². The van der Waals surface area contributed by atoms with Gasteiger partial charge in [-0.2, -0.15) is 0 Å². The molecule has 4 nitrogen and oxygen atoms in total. The third-order valence-electron chi connectivity index (χ3n) is 3.54. The summed E-state index contributed by atoms with van der Waals surface area (Å²) in [6, 6.07) is 3.49. The van der Waals surface area contributed by atoms with Crippen molar-refractivity contribution in [2.24, 2.45) is 11.8 Å². The maximum atomic E-state index is 11.9. The van der Waals surface area contributed by atoms with Crippen molar-refractivity contribution in [1.82, 2.24) is 10.3 Å². The molecule has 5 heteroatoms. The lowest BCUT2D eigenvalue weighted by Crippen LogP contribution is -2.32. The fraction of sp³-hybridized carbons (Fsp3) is 0.538. The number of rotatable bonds is 4. The molecule has 0 aliphatic heterocycles. The summed E-state index contributed by atoms with van der Waals surface area (Å²) in [6.07, 6.45) is 4.90. The molecule has 1 fully saturated rings. The second kappa shape index (κ2) is 6.29. The summed E-state index contributed by atoms with van der Waals surface area (Å²) >= 11 is 3.28. The van der Waals surface area contributed by atoms with Gasteiger partial charge in [-0.1, -0.05) is 6.42 Å². The predicted molar refractivity (Wildman–Crippen MR) is 72.2 cm³/mol. The van der Waals surface area contributed by atoms with Crippen molar-refractivity contribution in [3.63, 3.8) is 0 Å². The Balaban J connectivity index is 1.86. The summed E-state index contributed by atoms with van der Waals surface area (Å²) in [5.41, 5.74) is 0.428. The Morgan fingerprint density at radius 3 is 2.89 bits per heavy atom. The third kappa shape index (κ3) is 3.29. The minimum absolute atomic E-state index is 0.147. The lowest BCUT2D eigenvalue weighted by atomic mass is 9.97. The van der Waals surface area contributed by atoms with Crippen LogP contribution in [0.2, 0.25) is 0 Å². The molecular weight excluding hydrogens is 296 g/mol. The van der Waals surface area contributed by atoms with Gasteiger partial charge in [-0.05, 0) is 52.7 Å². The zero-order chi connectivity index (χ0) is 13.0. The second-order valence-electron chi connectivity index (χ2n) is 4.71. The molecule has 2 atom stereocenters. The average Bonchev–Trinajstić information content (AvgIpc) is 2.84. The van der Waals surface area contributed by atoms with Gasteiger partial charge in [0.05, 0.1) is 0 Å². The van der Waals surface area contributed by atoms with E-state index in [0.29, 0.717) is 24.1 Å². The molecule has 1 aliphatic rings. The molecule has 1 aromatic heterocycles. The standard InChI is InChI=1S/C13H17BrN2O2/c14-11-4-5-12(15-7-11)13(18)16-6-9-2-1-3-10(9)8-17/h4-5,7,9-10,17H,1-3,6,8H2,(H,16,18). The van der Waals surface area contributed by atoms with Crippen LogP contribution in [0.4, 0.5) is 0 Å². The number of aromatic nitrogens is 1. The highest BCUT2D eigenvalue weighted by Gasteiger charge is 2.26. The van der Waals surface area contributed by atoms with E-state index in [9.17, 15) is 9.90 Å². The topological polar surface area (TPSA) is 62.2 Å². The van der Waals surface area contributed by atoms with E-state index in [2.05, 4.69) is 26.2 Å². The smallest absolute Gasteiger partial charge is 0.269 e. The molecule has 18 heavy (non-hydrogen) atoms. The fourth-order valence-electron chi connectivity index (χ4n) is 2.45. The molecule has 1 heterocycles. The van der Waals surface area contributed by atoms with E-state index < -0.39 is 0 Å². The van der Waals surface area contributed by atoms with Gasteiger partial charge in [0.15, 0.2) is 0 Å². The Morgan fingerprint density at radius 2 is 2.22 bits per heavy atom. The highest BCUT2D eigenvalue weighted by Crippen LogP contribution is 2.30. The molecule has 0 radical (unpaired) electrons. The highest BCUT2D eigenvalue weighted by atomic mass is 79.9. The minimum atomic E-state index is -0.147. The van der Waals surface area contributed by atoms with Gasteiger partial charge in [-0.25, -0.2) is 4.98 Å². The van der Waals surface area contributed by atoms with E-state index >= 15 is 0 Å². The summed E-state index contributed by atoms with van der Waals surface area (Å²) < 4.78 is 0.857. The first-order valence-corrected chi connectivity index (χ1v) is 7.00. The Labute approximate surface area is 115 Å². The van der Waals surface area contributed by atoms with E-state index in [-0.39, 0.29) is 12.5 Å². The van der Waals surface area contributed by atoms with Gasteiger partial charge in [0.1, 0.15) is 5.69 Å². The summed E-state index contributed by atoms with van der Waals surface area (Å²) in [4.78, 5) is 15.9. The summed E-state index contributed by atoms with van der Waals surface area (Å²) in [7, 11) is 0. The maximum absolute atomic E-state index is 11.9. The predicted octanol–water partition coefficient (Wildman–Crippen LogP) is 1.98. The van der Waals surface area contributed by atoms with Gasteiger partial charge in [-0.15, -0.1) is 0 Å². The van der Waals surface area contributed by atoms with Crippen LogP contribution in [0.25, 0.3) is 0 Å². The Morgan fingerprint density at radius 1 is 1.44 bits per heavy atom. The van der Waals surface area contributed by atoms with Crippen molar-refractivity contribution in [3.8, 4) is 0 Å². The van der Waals surface area contributed by atoms with Gasteiger partial charge < -0.3 is 10.4 Å². The second-order valence-corrected chi connectivity index (χ2v) is 5.62. The van der Waals surface area contributed by atoms with Crippen LogP contribution in [0.15, 0.2) is 22.8 Å². The largest absolute Gasteiger partial charge is 0.396 e. The molecule has 1 aliphatic carbocycles. The molecule has 0 saturated heterocycles. The van der Waals surface area contributed by atoms with Crippen molar-refractivity contribution in [2.75, 3.05) is 13.2 Å². The Bertz CT molecular complexity index is 408. The van der Waals surface area contributed by atoms with Crippen molar-refractivity contribution < 1.29 is 9.90 Å². The van der Waals surface area contributed by atoms with Gasteiger partial charge in [0.25, 0.3) is 5.91 Å². The van der Waals surface area contributed by atoms with Gasteiger partial charge in [-0.3, -0.25) is 4.79 Å². The van der Waals surface area contributed by atoms with Gasteiger partial charge in [0.2, 0.25) is 0 Å². The molecule has 0 bridgehead atoms. The number of amides is 1. The Hall–Kier alpha value is -0.940. The number of carbonyl (C=O) groups excluding carboxylic acids is 1.